The van der Waals surface area contributed by atoms with Gasteiger partial charge in [0.25, 0.3) is 5.91 Å². The van der Waals surface area contributed by atoms with E-state index in [4.69, 9.17) is 16.2 Å². The highest BCUT2D eigenvalue weighted by atomic mass is 32.1. The lowest BCUT2D eigenvalue weighted by molar-refractivity contribution is -0.112. The number of amides is 1. The van der Waals surface area contributed by atoms with Crippen molar-refractivity contribution < 1.29 is 14.3 Å². The van der Waals surface area contributed by atoms with Crippen LogP contribution in [0.4, 0.5) is 5.13 Å². The van der Waals surface area contributed by atoms with Crippen LogP contribution in [0.3, 0.4) is 0 Å². The minimum absolute atomic E-state index is 0.0121. The summed E-state index contributed by atoms with van der Waals surface area (Å²) in [6.45, 7) is 1.89. The van der Waals surface area contributed by atoms with Crippen LogP contribution in [0.15, 0.2) is 0 Å². The fourth-order valence-corrected chi connectivity index (χ4v) is 1.55. The Bertz CT molecular complexity index is 484. The molecule has 1 heterocycles. The highest BCUT2D eigenvalue weighted by Gasteiger charge is 2.17. The number of aromatic nitrogens is 1. The third-order valence-corrected chi connectivity index (χ3v) is 2.21. The van der Waals surface area contributed by atoms with Gasteiger partial charge in [0.1, 0.15) is 4.88 Å². The molecule has 0 bridgehead atoms. The number of carbonyl (C=O) groups excluding carboxylic acids is 2. The first-order valence-corrected chi connectivity index (χ1v) is 5.11. The second-order valence-corrected chi connectivity index (χ2v) is 3.60. The van der Waals surface area contributed by atoms with E-state index in [1.165, 1.54) is 0 Å². The zero-order valence-corrected chi connectivity index (χ0v) is 9.26. The van der Waals surface area contributed by atoms with Crippen molar-refractivity contribution in [3.8, 4) is 11.8 Å². The van der Waals surface area contributed by atoms with E-state index in [0.717, 1.165) is 11.3 Å². The van der Waals surface area contributed by atoms with Gasteiger partial charge in [0.2, 0.25) is 0 Å². The van der Waals surface area contributed by atoms with Crippen molar-refractivity contribution in [3.05, 3.63) is 10.6 Å². The highest BCUT2D eigenvalue weighted by Crippen LogP contribution is 2.19. The molecule has 16 heavy (non-hydrogen) atoms. The summed E-state index contributed by atoms with van der Waals surface area (Å²) >= 11 is 0.995. The molecular formula is C9H9N3O3S. The number of nitrogens with two attached hydrogens (primary N) is 2. The number of nitrogens with zero attached hydrogens (tertiary/aromatic N) is 1. The number of carbonyl (C=O) groups is 2. The van der Waals surface area contributed by atoms with Crippen LogP contribution in [0.5, 0.6) is 0 Å². The van der Waals surface area contributed by atoms with Gasteiger partial charge in [-0.25, -0.2) is 9.78 Å². The minimum atomic E-state index is -0.790. The van der Waals surface area contributed by atoms with Crippen LogP contribution < -0.4 is 11.5 Å². The quantitative estimate of drug-likeness (QED) is 0.546. The molecule has 1 amide bonds. The summed E-state index contributed by atoms with van der Waals surface area (Å²) in [7, 11) is 0. The zero-order chi connectivity index (χ0) is 12.1. The largest absolute Gasteiger partial charge is 0.461 e. The minimum Gasteiger partial charge on any atom is -0.461 e. The van der Waals surface area contributed by atoms with Crippen molar-refractivity contribution in [1.82, 2.24) is 4.98 Å². The van der Waals surface area contributed by atoms with Crippen LogP contribution in [-0.2, 0) is 9.53 Å². The maximum Gasteiger partial charge on any atom is 0.359 e. The maximum absolute atomic E-state index is 11.4. The van der Waals surface area contributed by atoms with Crippen LogP contribution in [0, 0.1) is 11.8 Å². The van der Waals surface area contributed by atoms with E-state index in [9.17, 15) is 9.59 Å². The lowest BCUT2D eigenvalue weighted by atomic mass is 10.3. The summed E-state index contributed by atoms with van der Waals surface area (Å²) in [5.74, 6) is 3.12. The number of rotatable bonds is 2. The molecule has 0 saturated carbocycles. The lowest BCUT2D eigenvalue weighted by Crippen LogP contribution is -2.08. The summed E-state index contributed by atoms with van der Waals surface area (Å²) < 4.78 is 4.75. The molecule has 84 valence electrons. The molecule has 0 fully saturated rings. The predicted octanol–water partition coefficient (Wildman–Crippen LogP) is -0.261. The summed E-state index contributed by atoms with van der Waals surface area (Å²) in [4.78, 5) is 25.9. The van der Waals surface area contributed by atoms with E-state index in [1.54, 1.807) is 6.92 Å². The Balaban J connectivity index is 3.06. The third kappa shape index (κ3) is 2.96. The van der Waals surface area contributed by atoms with Gasteiger partial charge in [0, 0.05) is 5.92 Å². The first kappa shape index (κ1) is 12.0. The van der Waals surface area contributed by atoms with Gasteiger partial charge in [-0.2, -0.15) is 0 Å². The van der Waals surface area contributed by atoms with Gasteiger partial charge in [0.15, 0.2) is 10.8 Å². The number of hydrogen-bond acceptors (Lipinski definition) is 6. The second-order valence-electron chi connectivity index (χ2n) is 2.56. The number of ether oxygens (including phenoxy) is 1. The molecule has 1 rings (SSSR count). The Kier molecular flexibility index (Phi) is 3.85. The monoisotopic (exact) mass is 239 g/mol. The molecule has 0 aliphatic heterocycles. The van der Waals surface area contributed by atoms with Crippen LogP contribution in [0.2, 0.25) is 0 Å². The molecule has 0 radical (unpaired) electrons. The molecule has 1 aromatic heterocycles. The summed E-state index contributed by atoms with van der Waals surface area (Å²) in [6, 6.07) is 0. The van der Waals surface area contributed by atoms with Crippen molar-refractivity contribution in [2.75, 3.05) is 12.3 Å². The molecule has 0 spiro atoms. The molecule has 0 aliphatic rings. The van der Waals surface area contributed by atoms with E-state index in [2.05, 4.69) is 16.8 Å². The summed E-state index contributed by atoms with van der Waals surface area (Å²) in [6.07, 6.45) is 0. The Hall–Kier alpha value is -2.07. The van der Waals surface area contributed by atoms with Crippen LogP contribution >= 0.6 is 11.3 Å². The molecule has 1 aromatic rings. The van der Waals surface area contributed by atoms with E-state index in [-0.39, 0.29) is 22.3 Å². The zero-order valence-electron chi connectivity index (χ0n) is 8.44. The Morgan fingerprint density at radius 3 is 2.81 bits per heavy atom. The van der Waals surface area contributed by atoms with Crippen molar-refractivity contribution in [1.29, 1.82) is 0 Å². The van der Waals surface area contributed by atoms with Gasteiger partial charge < -0.3 is 16.2 Å². The van der Waals surface area contributed by atoms with E-state index in [1.807, 2.05) is 0 Å². The SMILES string of the molecule is CCOC(=O)c1nc(N)sc1C#CC(N)=O. The number of nitrogen functional groups attached to an aromatic ring is 1. The Morgan fingerprint density at radius 2 is 2.25 bits per heavy atom. The van der Waals surface area contributed by atoms with Gasteiger partial charge in [-0.05, 0) is 12.8 Å². The number of thiazole rings is 1. The van der Waals surface area contributed by atoms with Crippen molar-refractivity contribution >= 4 is 28.3 Å². The Morgan fingerprint density at radius 1 is 1.56 bits per heavy atom. The van der Waals surface area contributed by atoms with Gasteiger partial charge in [-0.1, -0.05) is 11.3 Å². The molecule has 0 atom stereocenters. The molecule has 0 saturated heterocycles. The number of anilines is 1. The molecule has 0 aromatic carbocycles. The van der Waals surface area contributed by atoms with Crippen molar-refractivity contribution in [3.63, 3.8) is 0 Å². The van der Waals surface area contributed by atoms with E-state index < -0.39 is 11.9 Å². The highest BCUT2D eigenvalue weighted by molar-refractivity contribution is 7.16. The summed E-state index contributed by atoms with van der Waals surface area (Å²) in [5.41, 5.74) is 10.3. The lowest BCUT2D eigenvalue weighted by Gasteiger charge is -1.97. The molecular weight excluding hydrogens is 230 g/mol. The van der Waals surface area contributed by atoms with Gasteiger partial charge in [-0.3, -0.25) is 4.79 Å². The maximum atomic E-state index is 11.4. The fraction of sp³-hybridized carbons (Fsp3) is 0.222. The second kappa shape index (κ2) is 5.14. The number of hydrogen-bond donors (Lipinski definition) is 2. The molecule has 4 N–H and O–H groups in total. The average Bonchev–Trinajstić information content (AvgIpc) is 2.57. The van der Waals surface area contributed by atoms with Crippen molar-refractivity contribution in [2.45, 2.75) is 6.92 Å². The van der Waals surface area contributed by atoms with Gasteiger partial charge in [-0.15, -0.1) is 0 Å². The normalized spacial score (nSPS) is 9.06. The third-order valence-electron chi connectivity index (χ3n) is 1.41. The predicted molar refractivity (Wildman–Crippen MR) is 58.6 cm³/mol. The average molecular weight is 239 g/mol. The first-order valence-electron chi connectivity index (χ1n) is 4.29. The van der Waals surface area contributed by atoms with E-state index in [0.29, 0.717) is 0 Å². The van der Waals surface area contributed by atoms with Crippen LogP contribution in [-0.4, -0.2) is 23.5 Å². The van der Waals surface area contributed by atoms with Crippen LogP contribution in [0.25, 0.3) is 0 Å². The van der Waals surface area contributed by atoms with Gasteiger partial charge >= 0.3 is 5.97 Å². The van der Waals surface area contributed by atoms with Crippen LogP contribution in [0.1, 0.15) is 22.3 Å². The fourth-order valence-electron chi connectivity index (χ4n) is 0.878. The van der Waals surface area contributed by atoms with Gasteiger partial charge in [0.05, 0.1) is 6.61 Å². The number of primary amides is 1. The number of esters is 1. The molecule has 0 aliphatic carbocycles. The first-order chi connectivity index (χ1) is 7.54. The standard InChI is InChI=1S/C9H9N3O3S/c1-2-15-8(14)7-5(3-4-6(10)13)16-9(11)12-7/h2H2,1H3,(H2,10,13)(H2,11,12). The smallest absolute Gasteiger partial charge is 0.359 e. The summed E-state index contributed by atoms with van der Waals surface area (Å²) in [5, 5.41) is 0.178. The molecule has 7 heteroatoms. The molecule has 6 nitrogen and oxygen atoms in total. The van der Waals surface area contributed by atoms with Crippen molar-refractivity contribution in [2.24, 2.45) is 5.73 Å². The van der Waals surface area contributed by atoms with E-state index >= 15 is 0 Å². The molecule has 0 unspecified atom stereocenters. The topological polar surface area (TPSA) is 108 Å². The Labute approximate surface area is 95.6 Å².